The number of fused-ring (bicyclic) bond motifs is 1. The number of carbonyl (C=O) groups excluding carboxylic acids is 3. The molecule has 4 rings (SSSR count). The average molecular weight is 449 g/mol. The number of carbonyl (C=O) groups is 3. The zero-order chi connectivity index (χ0) is 22.7. The minimum Gasteiger partial charge on any atom is -0.469 e. The van der Waals surface area contributed by atoms with Crippen LogP contribution < -0.4 is 5.32 Å². The highest BCUT2D eigenvalue weighted by atomic mass is 16.5. The van der Waals surface area contributed by atoms with Crippen molar-refractivity contribution in [3.05, 3.63) is 0 Å². The minimum absolute atomic E-state index is 0.0545. The Hall–Kier alpha value is -1.67. The number of hydrogen-bond acceptors (Lipinski definition) is 6. The van der Waals surface area contributed by atoms with Gasteiger partial charge < -0.3 is 15.0 Å². The Morgan fingerprint density at radius 3 is 2.44 bits per heavy atom. The predicted molar refractivity (Wildman–Crippen MR) is 121 cm³/mol. The first kappa shape index (κ1) is 23.5. The predicted octanol–water partition coefficient (Wildman–Crippen LogP) is 1.38. The summed E-state index contributed by atoms with van der Waals surface area (Å²) in [5.74, 6) is 0.0766. The number of ether oxygens (including phenoxy) is 1. The Kier molecular flexibility index (Phi) is 7.71. The van der Waals surface area contributed by atoms with Crippen LogP contribution in [0.5, 0.6) is 0 Å². The highest BCUT2D eigenvalue weighted by molar-refractivity contribution is 5.83. The lowest BCUT2D eigenvalue weighted by Crippen LogP contribution is -2.53. The fraction of sp³-hybridized carbons (Fsp3) is 0.875. The molecule has 180 valence electrons. The van der Waals surface area contributed by atoms with E-state index >= 15 is 0 Å². The van der Waals surface area contributed by atoms with Gasteiger partial charge in [0, 0.05) is 50.7 Å². The molecule has 3 saturated heterocycles. The van der Waals surface area contributed by atoms with Crippen LogP contribution >= 0.6 is 0 Å². The molecule has 4 fully saturated rings. The zero-order valence-electron chi connectivity index (χ0n) is 19.8. The van der Waals surface area contributed by atoms with Gasteiger partial charge in [0.05, 0.1) is 13.0 Å². The molecule has 1 N–H and O–H groups in total. The molecule has 0 aromatic heterocycles. The van der Waals surface area contributed by atoms with Crippen molar-refractivity contribution in [2.24, 2.45) is 5.92 Å². The van der Waals surface area contributed by atoms with Crippen LogP contribution in [-0.2, 0) is 19.1 Å². The van der Waals surface area contributed by atoms with Gasteiger partial charge in [0.2, 0.25) is 11.8 Å². The van der Waals surface area contributed by atoms with Crippen molar-refractivity contribution >= 4 is 17.8 Å². The number of hydrogen-bond donors (Lipinski definition) is 1. The zero-order valence-corrected chi connectivity index (χ0v) is 19.8. The van der Waals surface area contributed by atoms with Crippen LogP contribution in [0.1, 0.15) is 64.2 Å². The first-order chi connectivity index (χ1) is 15.5. The summed E-state index contributed by atoms with van der Waals surface area (Å²) in [6.07, 6.45) is 9.91. The first-order valence-corrected chi connectivity index (χ1v) is 12.6. The number of rotatable bonds is 5. The van der Waals surface area contributed by atoms with Gasteiger partial charge in [-0.3, -0.25) is 24.2 Å². The van der Waals surface area contributed by atoms with Gasteiger partial charge in [0.15, 0.2) is 0 Å². The number of likely N-dealkylation sites (tertiary alicyclic amines) is 2. The van der Waals surface area contributed by atoms with Gasteiger partial charge in [0.25, 0.3) is 0 Å². The molecule has 2 amide bonds. The van der Waals surface area contributed by atoms with Crippen LogP contribution in [-0.4, -0.2) is 97.0 Å². The second kappa shape index (κ2) is 10.5. The molecule has 4 aliphatic rings. The molecule has 0 bridgehead atoms. The number of esters is 1. The lowest BCUT2D eigenvalue weighted by atomic mass is 9.93. The van der Waals surface area contributed by atoms with Crippen LogP contribution in [0.4, 0.5) is 0 Å². The maximum Gasteiger partial charge on any atom is 0.308 e. The monoisotopic (exact) mass is 448 g/mol. The van der Waals surface area contributed by atoms with E-state index in [4.69, 9.17) is 4.74 Å². The third-order valence-electron chi connectivity index (χ3n) is 8.40. The van der Waals surface area contributed by atoms with Crippen molar-refractivity contribution in [1.82, 2.24) is 20.0 Å². The molecule has 0 radical (unpaired) electrons. The van der Waals surface area contributed by atoms with Crippen molar-refractivity contribution in [2.45, 2.75) is 88.4 Å². The van der Waals surface area contributed by atoms with E-state index < -0.39 is 0 Å². The van der Waals surface area contributed by atoms with E-state index in [9.17, 15) is 14.4 Å². The number of nitrogens with zero attached hydrogens (tertiary/aromatic N) is 3. The van der Waals surface area contributed by atoms with Crippen LogP contribution in [0.2, 0.25) is 0 Å². The van der Waals surface area contributed by atoms with Crippen molar-refractivity contribution in [1.29, 1.82) is 0 Å². The standard InChI is InChI=1S/C24H40N4O4/c1-26-19(8-9-21(29)27-13-10-17(11-14-27)24(31)32-2)16-25-23(30)22-20(26)12-15-28(22)18-6-4-3-5-7-18/h17-20,22H,3-16H2,1-2H3,(H,25,30)/t19-,20+,22-/m0/s1. The van der Waals surface area contributed by atoms with E-state index in [2.05, 4.69) is 22.2 Å². The number of nitrogens with one attached hydrogen (secondary N) is 1. The number of piperidine rings is 1. The maximum atomic E-state index is 13.0. The SMILES string of the molecule is COC(=O)C1CCN(C(=O)CC[C@H]2CNC(=O)[C@@H]3[C@@H](CCN3C3CCCCC3)N2C)CC1. The molecule has 8 nitrogen and oxygen atoms in total. The van der Waals surface area contributed by atoms with E-state index in [1.807, 2.05) is 4.90 Å². The first-order valence-electron chi connectivity index (χ1n) is 12.6. The summed E-state index contributed by atoms with van der Waals surface area (Å²) >= 11 is 0. The Balaban J connectivity index is 1.30. The fourth-order valence-electron chi connectivity index (χ4n) is 6.40. The Labute approximate surface area is 192 Å². The van der Waals surface area contributed by atoms with Crippen molar-refractivity contribution < 1.29 is 19.1 Å². The normalized spacial score (nSPS) is 31.1. The molecule has 3 atom stereocenters. The second-order valence-corrected chi connectivity index (χ2v) is 10.1. The van der Waals surface area contributed by atoms with E-state index in [0.29, 0.717) is 44.9 Å². The summed E-state index contributed by atoms with van der Waals surface area (Å²) in [6.45, 7) is 2.85. The van der Waals surface area contributed by atoms with Crippen LogP contribution in [0, 0.1) is 5.92 Å². The molecule has 8 heteroatoms. The summed E-state index contributed by atoms with van der Waals surface area (Å²) in [4.78, 5) is 44.3. The lowest BCUT2D eigenvalue weighted by molar-refractivity contribution is -0.149. The number of methoxy groups -OCH3 is 1. The van der Waals surface area contributed by atoms with E-state index in [0.717, 1.165) is 19.4 Å². The third-order valence-corrected chi connectivity index (χ3v) is 8.40. The third kappa shape index (κ3) is 4.96. The van der Waals surface area contributed by atoms with E-state index in [1.54, 1.807) is 0 Å². The molecule has 1 aliphatic carbocycles. The molecule has 3 aliphatic heterocycles. The quantitative estimate of drug-likeness (QED) is 0.640. The van der Waals surface area contributed by atoms with E-state index in [-0.39, 0.29) is 41.8 Å². The molecule has 0 aromatic carbocycles. The highest BCUT2D eigenvalue weighted by Gasteiger charge is 2.47. The van der Waals surface area contributed by atoms with Gasteiger partial charge in [-0.2, -0.15) is 0 Å². The van der Waals surface area contributed by atoms with Crippen molar-refractivity contribution in [2.75, 3.05) is 40.3 Å². The van der Waals surface area contributed by atoms with Gasteiger partial charge in [-0.25, -0.2) is 0 Å². The molecule has 0 spiro atoms. The topological polar surface area (TPSA) is 82.2 Å². The molecular weight excluding hydrogens is 408 g/mol. The summed E-state index contributed by atoms with van der Waals surface area (Å²) in [5.41, 5.74) is 0. The average Bonchev–Trinajstić information content (AvgIpc) is 3.24. The highest BCUT2D eigenvalue weighted by Crippen LogP contribution is 2.33. The van der Waals surface area contributed by atoms with Crippen LogP contribution in [0.25, 0.3) is 0 Å². The lowest BCUT2D eigenvalue weighted by Gasteiger charge is -2.37. The van der Waals surface area contributed by atoms with Crippen molar-refractivity contribution in [3.8, 4) is 0 Å². The minimum atomic E-state index is -0.165. The molecule has 3 heterocycles. The van der Waals surface area contributed by atoms with Crippen LogP contribution in [0.15, 0.2) is 0 Å². The van der Waals surface area contributed by atoms with Gasteiger partial charge in [-0.15, -0.1) is 0 Å². The largest absolute Gasteiger partial charge is 0.469 e. The second-order valence-electron chi connectivity index (χ2n) is 10.1. The van der Waals surface area contributed by atoms with Gasteiger partial charge in [-0.1, -0.05) is 19.3 Å². The molecule has 32 heavy (non-hydrogen) atoms. The summed E-state index contributed by atoms with van der Waals surface area (Å²) in [7, 11) is 3.56. The van der Waals surface area contributed by atoms with Crippen LogP contribution in [0.3, 0.4) is 0 Å². The Morgan fingerprint density at radius 2 is 1.75 bits per heavy atom. The molecular formula is C24H40N4O4. The smallest absolute Gasteiger partial charge is 0.308 e. The maximum absolute atomic E-state index is 13.0. The van der Waals surface area contributed by atoms with Gasteiger partial charge in [0.1, 0.15) is 6.04 Å². The Morgan fingerprint density at radius 1 is 1.03 bits per heavy atom. The number of likely N-dealkylation sites (N-methyl/N-ethyl adjacent to an activating group) is 1. The Bertz CT molecular complexity index is 687. The summed E-state index contributed by atoms with van der Waals surface area (Å²) < 4.78 is 4.84. The molecule has 1 saturated carbocycles. The molecule has 0 aromatic rings. The van der Waals surface area contributed by atoms with Gasteiger partial charge >= 0.3 is 5.97 Å². The fourth-order valence-corrected chi connectivity index (χ4v) is 6.40. The molecule has 0 unspecified atom stereocenters. The summed E-state index contributed by atoms with van der Waals surface area (Å²) in [6, 6.07) is 0.900. The van der Waals surface area contributed by atoms with Crippen molar-refractivity contribution in [3.63, 3.8) is 0 Å². The van der Waals surface area contributed by atoms with E-state index in [1.165, 1.54) is 39.2 Å². The van der Waals surface area contributed by atoms with Gasteiger partial charge in [-0.05, 0) is 45.6 Å². The number of amides is 2. The summed E-state index contributed by atoms with van der Waals surface area (Å²) in [5, 5.41) is 3.19.